The van der Waals surface area contributed by atoms with Crippen LogP contribution in [0, 0.1) is 0 Å². The van der Waals surface area contributed by atoms with Crippen LogP contribution in [0.3, 0.4) is 0 Å². The van der Waals surface area contributed by atoms with E-state index in [0.717, 1.165) is 55.9 Å². The van der Waals surface area contributed by atoms with Gasteiger partial charge in [-0.2, -0.15) is 0 Å². The van der Waals surface area contributed by atoms with Crippen LogP contribution in [0.5, 0.6) is 11.5 Å². The molecular formula is C43H27NO2. The zero-order valence-corrected chi connectivity index (χ0v) is 24.8. The molecule has 0 atom stereocenters. The molecule has 3 heteroatoms. The Kier molecular flexibility index (Phi) is 5.20. The van der Waals surface area contributed by atoms with Crippen LogP contribution in [0.25, 0.3) is 44.2 Å². The van der Waals surface area contributed by atoms with Crippen molar-refractivity contribution in [3.8, 4) is 33.8 Å². The number of furan rings is 1. The van der Waals surface area contributed by atoms with Crippen molar-refractivity contribution in [1.29, 1.82) is 0 Å². The lowest BCUT2D eigenvalue weighted by Crippen LogP contribution is -2.32. The lowest BCUT2D eigenvalue weighted by Gasteiger charge is -2.40. The van der Waals surface area contributed by atoms with E-state index in [0.29, 0.717) is 0 Å². The molecule has 0 radical (unpaired) electrons. The smallest absolute Gasteiger partial charge is 0.155 e. The van der Waals surface area contributed by atoms with Crippen molar-refractivity contribution in [2.45, 2.75) is 5.41 Å². The Labute approximate surface area is 266 Å². The van der Waals surface area contributed by atoms with Crippen molar-refractivity contribution in [1.82, 2.24) is 0 Å². The lowest BCUT2D eigenvalue weighted by atomic mass is 9.66. The molecule has 1 aliphatic carbocycles. The number of benzene rings is 7. The van der Waals surface area contributed by atoms with Crippen LogP contribution < -0.4 is 10.1 Å². The molecule has 0 unspecified atom stereocenters. The Balaban J connectivity index is 1.13. The molecule has 216 valence electrons. The van der Waals surface area contributed by atoms with Gasteiger partial charge in [0.2, 0.25) is 0 Å². The highest BCUT2D eigenvalue weighted by Gasteiger charge is 2.51. The highest BCUT2D eigenvalue weighted by Crippen LogP contribution is 2.63. The first kappa shape index (κ1) is 25.3. The first-order valence-electron chi connectivity index (χ1n) is 15.7. The van der Waals surface area contributed by atoms with Crippen LogP contribution in [0.4, 0.5) is 11.4 Å². The second-order valence-corrected chi connectivity index (χ2v) is 12.1. The third-order valence-electron chi connectivity index (χ3n) is 9.73. The Morgan fingerprint density at radius 2 is 1.15 bits per heavy atom. The van der Waals surface area contributed by atoms with E-state index in [4.69, 9.17) is 9.15 Å². The van der Waals surface area contributed by atoms with Gasteiger partial charge in [0, 0.05) is 27.6 Å². The van der Waals surface area contributed by atoms with E-state index in [9.17, 15) is 0 Å². The minimum atomic E-state index is -0.490. The van der Waals surface area contributed by atoms with Crippen molar-refractivity contribution >= 4 is 33.3 Å². The Hall–Kier alpha value is -6.06. The van der Waals surface area contributed by atoms with Crippen LogP contribution in [-0.2, 0) is 5.41 Å². The fraction of sp³-hybridized carbons (Fsp3) is 0.0233. The number of para-hydroxylation sites is 2. The normalized spacial score (nSPS) is 13.6. The number of hydrogen-bond donors (Lipinski definition) is 1. The maximum atomic E-state index is 6.81. The summed E-state index contributed by atoms with van der Waals surface area (Å²) in [5, 5.41) is 5.90. The fourth-order valence-electron chi connectivity index (χ4n) is 7.80. The monoisotopic (exact) mass is 589 g/mol. The molecule has 2 heterocycles. The van der Waals surface area contributed by atoms with Crippen LogP contribution in [0.1, 0.15) is 22.3 Å². The highest BCUT2D eigenvalue weighted by molar-refractivity contribution is 6.07. The molecule has 0 fully saturated rings. The first-order chi connectivity index (χ1) is 22.8. The number of fused-ring (bicyclic) bond motifs is 12. The molecule has 0 bridgehead atoms. The van der Waals surface area contributed by atoms with Gasteiger partial charge < -0.3 is 14.5 Å². The molecule has 1 aliphatic heterocycles. The van der Waals surface area contributed by atoms with E-state index in [1.807, 2.05) is 6.07 Å². The van der Waals surface area contributed by atoms with Crippen LogP contribution in [0.2, 0.25) is 0 Å². The van der Waals surface area contributed by atoms with Gasteiger partial charge in [0.05, 0.1) is 11.1 Å². The van der Waals surface area contributed by atoms with Gasteiger partial charge in [-0.3, -0.25) is 0 Å². The van der Waals surface area contributed by atoms with Gasteiger partial charge in [0.15, 0.2) is 5.75 Å². The molecule has 10 rings (SSSR count). The summed E-state index contributed by atoms with van der Waals surface area (Å²) in [5.74, 6) is 1.72. The summed E-state index contributed by atoms with van der Waals surface area (Å²) in [5.41, 5.74) is 12.9. The molecule has 8 aromatic rings. The predicted molar refractivity (Wildman–Crippen MR) is 186 cm³/mol. The second-order valence-electron chi connectivity index (χ2n) is 12.1. The van der Waals surface area contributed by atoms with E-state index < -0.39 is 5.41 Å². The maximum absolute atomic E-state index is 6.81. The Bertz CT molecular complexity index is 2440. The van der Waals surface area contributed by atoms with Crippen molar-refractivity contribution in [3.05, 3.63) is 180 Å². The molecule has 3 nitrogen and oxygen atoms in total. The molecular weight excluding hydrogens is 562 g/mol. The van der Waals surface area contributed by atoms with Gasteiger partial charge in [-0.1, -0.05) is 115 Å². The van der Waals surface area contributed by atoms with Crippen LogP contribution in [-0.4, -0.2) is 0 Å². The minimum Gasteiger partial charge on any atom is -0.456 e. The van der Waals surface area contributed by atoms with Gasteiger partial charge in [-0.05, 0) is 75.8 Å². The number of nitrogens with one attached hydrogen (secondary N) is 1. The number of anilines is 2. The summed E-state index contributed by atoms with van der Waals surface area (Å²) in [4.78, 5) is 0. The molecule has 7 aromatic carbocycles. The molecule has 2 aliphatic rings. The third-order valence-corrected chi connectivity index (χ3v) is 9.73. The third kappa shape index (κ3) is 3.43. The number of rotatable bonds is 3. The van der Waals surface area contributed by atoms with Gasteiger partial charge in [0.1, 0.15) is 16.9 Å². The van der Waals surface area contributed by atoms with Crippen molar-refractivity contribution in [3.63, 3.8) is 0 Å². The second kappa shape index (κ2) is 9.47. The topological polar surface area (TPSA) is 34.4 Å². The zero-order valence-electron chi connectivity index (χ0n) is 24.8. The van der Waals surface area contributed by atoms with Gasteiger partial charge in [-0.25, -0.2) is 0 Å². The van der Waals surface area contributed by atoms with E-state index >= 15 is 0 Å². The van der Waals surface area contributed by atoms with E-state index in [-0.39, 0.29) is 0 Å². The summed E-state index contributed by atoms with van der Waals surface area (Å²) >= 11 is 0. The van der Waals surface area contributed by atoms with Crippen molar-refractivity contribution in [2.75, 3.05) is 5.32 Å². The van der Waals surface area contributed by atoms with Crippen molar-refractivity contribution in [2.24, 2.45) is 0 Å². The quantitative estimate of drug-likeness (QED) is 0.223. The maximum Gasteiger partial charge on any atom is 0.155 e. The molecule has 1 N–H and O–H groups in total. The Morgan fingerprint density at radius 3 is 1.96 bits per heavy atom. The average molecular weight is 590 g/mol. The summed E-state index contributed by atoms with van der Waals surface area (Å²) in [6.45, 7) is 0. The molecule has 1 spiro atoms. The van der Waals surface area contributed by atoms with Gasteiger partial charge >= 0.3 is 0 Å². The van der Waals surface area contributed by atoms with E-state index in [1.165, 1.54) is 33.4 Å². The largest absolute Gasteiger partial charge is 0.456 e. The summed E-state index contributed by atoms with van der Waals surface area (Å²) in [6, 6.07) is 55.8. The zero-order chi connectivity index (χ0) is 30.2. The van der Waals surface area contributed by atoms with Crippen LogP contribution in [0.15, 0.2) is 162 Å². The predicted octanol–water partition coefficient (Wildman–Crippen LogP) is 11.5. The molecule has 0 amide bonds. The lowest BCUT2D eigenvalue weighted by molar-refractivity contribution is 0.438. The first-order valence-corrected chi connectivity index (χ1v) is 15.7. The SMILES string of the molecule is c1ccc(-c2ccc3c(c2)oc2ccc(Nc4cccc5c4Oc4ccccc4C54c5ccccc5-c5ccccc54)cc23)cc1. The summed E-state index contributed by atoms with van der Waals surface area (Å²) in [7, 11) is 0. The van der Waals surface area contributed by atoms with Crippen molar-refractivity contribution < 1.29 is 9.15 Å². The van der Waals surface area contributed by atoms with Gasteiger partial charge in [0.25, 0.3) is 0 Å². The van der Waals surface area contributed by atoms with Crippen LogP contribution >= 0.6 is 0 Å². The molecule has 0 saturated carbocycles. The van der Waals surface area contributed by atoms with E-state index in [1.54, 1.807) is 0 Å². The molecule has 0 saturated heterocycles. The summed E-state index contributed by atoms with van der Waals surface area (Å²) < 4.78 is 13.1. The Morgan fingerprint density at radius 1 is 0.457 bits per heavy atom. The standard InChI is InChI=1S/C43H27NO2/c1-2-11-27(12-3-1)28-21-23-32-33-26-29(22-24-39(33)45-41(32)25-28)44-38-19-10-18-37-42(38)46-40-20-9-8-17-36(40)43(37)34-15-6-4-13-30(34)31-14-5-7-16-35(31)43/h1-26,44H. The highest BCUT2D eigenvalue weighted by atomic mass is 16.5. The fourth-order valence-corrected chi connectivity index (χ4v) is 7.80. The van der Waals surface area contributed by atoms with E-state index in [2.05, 4.69) is 157 Å². The average Bonchev–Trinajstić information content (AvgIpc) is 3.62. The number of hydrogen-bond acceptors (Lipinski definition) is 3. The molecule has 46 heavy (non-hydrogen) atoms. The minimum absolute atomic E-state index is 0.490. The van der Waals surface area contributed by atoms with Gasteiger partial charge in [-0.15, -0.1) is 0 Å². The summed E-state index contributed by atoms with van der Waals surface area (Å²) in [6.07, 6.45) is 0. The number of ether oxygens (including phenoxy) is 1. The molecule has 1 aromatic heterocycles.